The van der Waals surface area contributed by atoms with E-state index < -0.39 is 0 Å². The minimum absolute atomic E-state index is 0.00109. The Kier molecular flexibility index (Phi) is 4.98. The second kappa shape index (κ2) is 7.58. The van der Waals surface area contributed by atoms with Gasteiger partial charge in [0.15, 0.2) is 0 Å². The van der Waals surface area contributed by atoms with Gasteiger partial charge < -0.3 is 0 Å². The molecule has 0 unspecified atom stereocenters. The van der Waals surface area contributed by atoms with E-state index in [-0.39, 0.29) is 23.2 Å². The first kappa shape index (κ1) is 18.4. The molecule has 0 aliphatic heterocycles. The van der Waals surface area contributed by atoms with Gasteiger partial charge in [0.05, 0.1) is 6.54 Å². The highest BCUT2D eigenvalue weighted by atomic mass is 16.2. The van der Waals surface area contributed by atoms with Crippen LogP contribution in [0.15, 0.2) is 35.1 Å². The predicted molar refractivity (Wildman–Crippen MR) is 107 cm³/mol. The van der Waals surface area contributed by atoms with Crippen molar-refractivity contribution in [3.8, 4) is 0 Å². The number of nitrogens with zero attached hydrogens (tertiary/aromatic N) is 4. The van der Waals surface area contributed by atoms with E-state index >= 15 is 0 Å². The van der Waals surface area contributed by atoms with Gasteiger partial charge in [0.25, 0.3) is 11.3 Å². The molecule has 1 aliphatic carbocycles. The van der Waals surface area contributed by atoms with Crippen LogP contribution in [-0.4, -0.2) is 25.5 Å². The number of H-pyrrole nitrogens is 1. The van der Waals surface area contributed by atoms with Crippen LogP contribution in [0.1, 0.15) is 48.9 Å². The number of anilines is 1. The molecule has 0 spiro atoms. The second-order valence-corrected chi connectivity index (χ2v) is 7.55. The van der Waals surface area contributed by atoms with Crippen LogP contribution in [0, 0.1) is 19.8 Å². The Morgan fingerprint density at radius 3 is 2.57 bits per heavy atom. The molecule has 0 atom stereocenters. The molecule has 4 rings (SSSR count). The SMILES string of the molecule is Cc1nc2nc(N(Cc3ccccc3)C(=O)C3CCCCC3)[nH]n2c(=O)c1C. The molecule has 1 amide bonds. The summed E-state index contributed by atoms with van der Waals surface area (Å²) in [5.74, 6) is 0.717. The fourth-order valence-corrected chi connectivity index (χ4v) is 3.81. The number of rotatable bonds is 4. The number of hydrogen-bond acceptors (Lipinski definition) is 4. The number of fused-ring (bicyclic) bond motifs is 1. The van der Waals surface area contributed by atoms with Crippen molar-refractivity contribution >= 4 is 17.6 Å². The third-order valence-corrected chi connectivity index (χ3v) is 5.61. The zero-order valence-electron chi connectivity index (χ0n) is 16.3. The van der Waals surface area contributed by atoms with Crippen molar-refractivity contribution in [2.24, 2.45) is 5.92 Å². The minimum Gasteiger partial charge on any atom is -0.276 e. The van der Waals surface area contributed by atoms with Crippen LogP contribution in [0.4, 0.5) is 5.95 Å². The lowest BCUT2D eigenvalue weighted by atomic mass is 9.88. The molecule has 1 aliphatic rings. The van der Waals surface area contributed by atoms with E-state index in [1.165, 1.54) is 10.9 Å². The number of aromatic nitrogens is 4. The highest BCUT2D eigenvalue weighted by Gasteiger charge is 2.29. The summed E-state index contributed by atoms with van der Waals surface area (Å²) in [6, 6.07) is 9.84. The lowest BCUT2D eigenvalue weighted by molar-refractivity contribution is -0.123. The number of carbonyl (C=O) groups is 1. The molecule has 0 radical (unpaired) electrons. The summed E-state index contributed by atoms with van der Waals surface area (Å²) in [4.78, 5) is 36.5. The molecule has 1 N–H and O–H groups in total. The highest BCUT2D eigenvalue weighted by molar-refractivity contribution is 5.93. The molecule has 1 aromatic carbocycles. The van der Waals surface area contributed by atoms with Crippen LogP contribution < -0.4 is 10.5 Å². The van der Waals surface area contributed by atoms with Gasteiger partial charge in [-0.1, -0.05) is 49.6 Å². The zero-order valence-corrected chi connectivity index (χ0v) is 16.3. The summed E-state index contributed by atoms with van der Waals surface area (Å²) in [6.45, 7) is 3.94. The topological polar surface area (TPSA) is 83.4 Å². The van der Waals surface area contributed by atoms with Crippen molar-refractivity contribution in [3.05, 3.63) is 57.5 Å². The van der Waals surface area contributed by atoms with E-state index in [0.29, 0.717) is 23.8 Å². The fraction of sp³-hybridized carbons (Fsp3) is 0.429. The van der Waals surface area contributed by atoms with Crippen LogP contribution in [0.3, 0.4) is 0 Å². The third kappa shape index (κ3) is 3.44. The Hall–Kier alpha value is -2.96. The van der Waals surface area contributed by atoms with E-state index in [1.54, 1.807) is 18.7 Å². The second-order valence-electron chi connectivity index (χ2n) is 7.55. The molecule has 7 nitrogen and oxygen atoms in total. The molecule has 3 aromatic rings. The predicted octanol–water partition coefficient (Wildman–Crippen LogP) is 3.15. The van der Waals surface area contributed by atoms with Gasteiger partial charge in [-0.3, -0.25) is 19.6 Å². The van der Waals surface area contributed by atoms with Crippen LogP contribution >= 0.6 is 0 Å². The number of carbonyl (C=O) groups excluding carboxylic acids is 1. The molecule has 0 saturated heterocycles. The number of hydrogen-bond donors (Lipinski definition) is 1. The molecule has 2 heterocycles. The Labute approximate surface area is 163 Å². The largest absolute Gasteiger partial charge is 0.277 e. The summed E-state index contributed by atoms with van der Waals surface area (Å²) >= 11 is 0. The Morgan fingerprint density at radius 2 is 1.86 bits per heavy atom. The molecule has 1 saturated carbocycles. The van der Waals surface area contributed by atoms with Gasteiger partial charge in [-0.25, -0.2) is 4.98 Å². The highest BCUT2D eigenvalue weighted by Crippen LogP contribution is 2.27. The van der Waals surface area contributed by atoms with Crippen LogP contribution in [0.25, 0.3) is 5.78 Å². The number of aromatic amines is 1. The average molecular weight is 379 g/mol. The molecule has 1 fully saturated rings. The Bertz CT molecular complexity index is 1050. The van der Waals surface area contributed by atoms with Gasteiger partial charge in [-0.05, 0) is 32.3 Å². The van der Waals surface area contributed by atoms with E-state index in [9.17, 15) is 9.59 Å². The van der Waals surface area contributed by atoms with E-state index in [0.717, 1.165) is 31.2 Å². The van der Waals surface area contributed by atoms with Crippen molar-refractivity contribution in [1.82, 2.24) is 19.6 Å². The molecule has 28 heavy (non-hydrogen) atoms. The Morgan fingerprint density at radius 1 is 1.14 bits per heavy atom. The first-order valence-electron chi connectivity index (χ1n) is 9.86. The third-order valence-electron chi connectivity index (χ3n) is 5.61. The van der Waals surface area contributed by atoms with E-state index in [2.05, 4.69) is 15.1 Å². The van der Waals surface area contributed by atoms with E-state index in [4.69, 9.17) is 0 Å². The van der Waals surface area contributed by atoms with Crippen molar-refractivity contribution in [3.63, 3.8) is 0 Å². The standard InChI is InChI=1S/C21H25N5O2/c1-14-15(2)22-20-23-21(24-26(20)18(14)27)25(13-16-9-5-3-6-10-16)19(28)17-11-7-4-8-12-17/h3,5-6,9-10,17H,4,7-8,11-13H2,1-2H3,(H,22,23,24). The summed E-state index contributed by atoms with van der Waals surface area (Å²) in [5, 5.41) is 3.01. The van der Waals surface area contributed by atoms with Crippen molar-refractivity contribution in [2.45, 2.75) is 52.5 Å². The lowest BCUT2D eigenvalue weighted by Crippen LogP contribution is -2.37. The first-order valence-corrected chi connectivity index (χ1v) is 9.86. The van der Waals surface area contributed by atoms with Crippen molar-refractivity contribution in [2.75, 3.05) is 4.90 Å². The van der Waals surface area contributed by atoms with Gasteiger partial charge in [-0.2, -0.15) is 9.50 Å². The van der Waals surface area contributed by atoms with Crippen molar-refractivity contribution < 1.29 is 4.79 Å². The van der Waals surface area contributed by atoms with Gasteiger partial charge in [0, 0.05) is 17.2 Å². The van der Waals surface area contributed by atoms with E-state index in [1.807, 2.05) is 30.3 Å². The minimum atomic E-state index is -0.189. The van der Waals surface area contributed by atoms with Gasteiger partial charge in [0.1, 0.15) is 0 Å². The molecular formula is C21H25N5O2. The van der Waals surface area contributed by atoms with Gasteiger partial charge in [0.2, 0.25) is 11.9 Å². The first-order chi connectivity index (χ1) is 13.5. The normalized spacial score (nSPS) is 15.1. The summed E-state index contributed by atoms with van der Waals surface area (Å²) < 4.78 is 1.32. The molecule has 0 bridgehead atoms. The molecule has 2 aromatic heterocycles. The maximum absolute atomic E-state index is 13.4. The Balaban J connectivity index is 1.76. The summed E-state index contributed by atoms with van der Waals surface area (Å²) in [7, 11) is 0. The monoisotopic (exact) mass is 379 g/mol. The van der Waals surface area contributed by atoms with Crippen LogP contribution in [0.5, 0.6) is 0 Å². The number of aryl methyl sites for hydroxylation is 1. The van der Waals surface area contributed by atoms with Crippen molar-refractivity contribution in [1.29, 1.82) is 0 Å². The average Bonchev–Trinajstić information content (AvgIpc) is 3.15. The number of nitrogens with one attached hydrogen (secondary N) is 1. The number of benzene rings is 1. The van der Waals surface area contributed by atoms with Gasteiger partial charge >= 0.3 is 0 Å². The zero-order chi connectivity index (χ0) is 19.7. The summed E-state index contributed by atoms with van der Waals surface area (Å²) in [5.41, 5.74) is 2.04. The van der Waals surface area contributed by atoms with Crippen LogP contribution in [0.2, 0.25) is 0 Å². The summed E-state index contributed by atoms with van der Waals surface area (Å²) in [6.07, 6.45) is 5.15. The smallest absolute Gasteiger partial charge is 0.276 e. The molecule has 7 heteroatoms. The lowest BCUT2D eigenvalue weighted by Gasteiger charge is -2.27. The van der Waals surface area contributed by atoms with Crippen LogP contribution in [-0.2, 0) is 11.3 Å². The maximum Gasteiger partial charge on any atom is 0.277 e. The van der Waals surface area contributed by atoms with Gasteiger partial charge in [-0.15, -0.1) is 0 Å². The quantitative estimate of drug-likeness (QED) is 0.755. The molecule has 146 valence electrons. The molecular weight excluding hydrogens is 354 g/mol. The number of amides is 1. The maximum atomic E-state index is 13.4. The fourth-order valence-electron chi connectivity index (χ4n) is 3.81.